The summed E-state index contributed by atoms with van der Waals surface area (Å²) < 4.78 is 0. The highest BCUT2D eigenvalue weighted by molar-refractivity contribution is 6.37. The lowest BCUT2D eigenvalue weighted by Gasteiger charge is -2.37. The molecule has 2 aliphatic carbocycles. The summed E-state index contributed by atoms with van der Waals surface area (Å²) in [4.78, 5) is 98.5. The Morgan fingerprint density at radius 1 is 0.885 bits per heavy atom. The van der Waals surface area contributed by atoms with Crippen LogP contribution in [-0.2, 0) is 33.6 Å². The van der Waals surface area contributed by atoms with E-state index < -0.39 is 29.6 Å². The maximum atomic E-state index is 14.6. The number of Topliss-reactive ketones (excluding diaryl/α,β-unsaturated/α-hetero) is 3. The molecule has 1 N–H and O–H groups in total. The minimum absolute atomic E-state index is 0.0234. The molecule has 0 aromatic carbocycles. The van der Waals surface area contributed by atoms with Crippen molar-refractivity contribution in [2.45, 2.75) is 137 Å². The first-order chi connectivity index (χ1) is 24.6. The van der Waals surface area contributed by atoms with Crippen LogP contribution in [-0.4, -0.2) is 76.5 Å². The highest BCUT2D eigenvalue weighted by atomic mass is 16.2. The molecule has 0 aromatic heterocycles. The van der Waals surface area contributed by atoms with Crippen LogP contribution in [0.25, 0.3) is 0 Å². The predicted octanol–water partition coefficient (Wildman–Crippen LogP) is 5.85. The molecule has 2 saturated carbocycles. The minimum Gasteiger partial charge on any atom is -0.346 e. The number of hydrogen-bond acceptors (Lipinski definition) is 7. The Morgan fingerprint density at radius 3 is 2.08 bits per heavy atom. The largest absolute Gasteiger partial charge is 0.346 e. The molecule has 5 fully saturated rings. The fourth-order valence-corrected chi connectivity index (χ4v) is 9.88. The zero-order valence-electron chi connectivity index (χ0n) is 32.4. The maximum Gasteiger partial charge on any atom is 0.287 e. The predicted molar refractivity (Wildman–Crippen MR) is 197 cm³/mol. The number of rotatable bonds is 10. The van der Waals surface area contributed by atoms with Gasteiger partial charge in [0.25, 0.3) is 5.91 Å². The van der Waals surface area contributed by atoms with Gasteiger partial charge >= 0.3 is 0 Å². The van der Waals surface area contributed by atoms with Crippen molar-refractivity contribution in [2.75, 3.05) is 19.6 Å². The van der Waals surface area contributed by atoms with Gasteiger partial charge < -0.3 is 10.2 Å². The van der Waals surface area contributed by atoms with Gasteiger partial charge in [0.05, 0.1) is 6.04 Å². The van der Waals surface area contributed by atoms with E-state index in [4.69, 9.17) is 0 Å². The normalized spacial score (nSPS) is 31.8. The van der Waals surface area contributed by atoms with E-state index in [2.05, 4.69) is 25.7 Å². The van der Waals surface area contributed by atoms with Crippen LogP contribution < -0.4 is 5.32 Å². The van der Waals surface area contributed by atoms with Crippen LogP contribution in [0, 0.1) is 52.3 Å². The lowest BCUT2D eigenvalue weighted by molar-refractivity contribution is -0.154. The molecule has 3 saturated heterocycles. The first-order valence-electron chi connectivity index (χ1n) is 20.2. The number of amides is 4. The zero-order chi connectivity index (χ0) is 38.0. The molecule has 3 aliphatic heterocycles. The van der Waals surface area contributed by atoms with E-state index in [1.807, 2.05) is 20.8 Å². The maximum absolute atomic E-state index is 14.6. The summed E-state index contributed by atoms with van der Waals surface area (Å²) in [7, 11) is 0. The van der Waals surface area contributed by atoms with Crippen molar-refractivity contribution in [2.24, 2.45) is 52.3 Å². The number of nitrogens with one attached hydrogen (secondary N) is 1. The average Bonchev–Trinajstić information content (AvgIpc) is 3.46. The van der Waals surface area contributed by atoms with Crippen molar-refractivity contribution < 1.29 is 33.6 Å². The fourth-order valence-electron chi connectivity index (χ4n) is 9.88. The van der Waals surface area contributed by atoms with Crippen LogP contribution in [0.1, 0.15) is 131 Å². The van der Waals surface area contributed by atoms with E-state index in [-0.39, 0.29) is 102 Å². The SMILES string of the molecule is C=CCNC(=O)C(=O)[C@@H]1CCCCCCCCC[C@H](CC(=O)C[C@H](CN2C(=O)C3CCC(C3)C2=O)C(C)(C)C)C(=O)N2C[C@H]3[C@@H]([C@H]2C(=O)C1)C3(C)C. The molecule has 10 nitrogen and oxygen atoms in total. The second-order valence-corrected chi connectivity index (χ2v) is 18.4. The molecule has 52 heavy (non-hydrogen) atoms. The summed E-state index contributed by atoms with van der Waals surface area (Å²) in [5.74, 6) is -3.56. The topological polar surface area (TPSA) is 138 Å². The summed E-state index contributed by atoms with van der Waals surface area (Å²) in [5, 5.41) is 2.58. The van der Waals surface area contributed by atoms with Crippen LogP contribution in [0.5, 0.6) is 0 Å². The Bertz CT molecular complexity index is 1410. The molecule has 10 heteroatoms. The summed E-state index contributed by atoms with van der Waals surface area (Å²) >= 11 is 0. The quantitative estimate of drug-likeness (QED) is 0.170. The molecule has 2 bridgehead atoms. The molecule has 8 atom stereocenters. The number of ketones is 3. The number of fused-ring (bicyclic) bond motifs is 5. The number of piperidine rings is 2. The number of nitrogens with zero attached hydrogens (tertiary/aromatic N) is 2. The van der Waals surface area contributed by atoms with Crippen LogP contribution in [0.3, 0.4) is 0 Å². The first kappa shape index (κ1) is 40.0. The van der Waals surface area contributed by atoms with Crippen LogP contribution in [0.15, 0.2) is 12.7 Å². The number of imide groups is 1. The fraction of sp³-hybridized carbons (Fsp3) is 0.786. The Balaban J connectivity index is 1.34. The van der Waals surface area contributed by atoms with Crippen molar-refractivity contribution in [3.63, 3.8) is 0 Å². The Kier molecular flexibility index (Phi) is 12.7. The van der Waals surface area contributed by atoms with Gasteiger partial charge in [-0.2, -0.15) is 0 Å². The highest BCUT2D eigenvalue weighted by Gasteiger charge is 2.69. The molecular weight excluding hydrogens is 658 g/mol. The van der Waals surface area contributed by atoms with Gasteiger partial charge in [0.1, 0.15) is 5.78 Å². The highest BCUT2D eigenvalue weighted by Crippen LogP contribution is 2.65. The molecule has 2 unspecified atom stereocenters. The van der Waals surface area contributed by atoms with Gasteiger partial charge in [-0.25, -0.2) is 0 Å². The molecule has 5 rings (SSSR count). The van der Waals surface area contributed by atoms with E-state index in [0.29, 0.717) is 25.8 Å². The minimum atomic E-state index is -0.747. The van der Waals surface area contributed by atoms with Crippen molar-refractivity contribution in [3.05, 3.63) is 12.7 Å². The number of hydrogen-bond donors (Lipinski definition) is 1. The molecule has 0 radical (unpaired) electrons. The summed E-state index contributed by atoms with van der Waals surface area (Å²) in [5.41, 5.74) is -0.472. The monoisotopic (exact) mass is 721 g/mol. The second-order valence-electron chi connectivity index (χ2n) is 18.4. The summed E-state index contributed by atoms with van der Waals surface area (Å²) in [6.45, 7) is 14.8. The van der Waals surface area contributed by atoms with E-state index in [9.17, 15) is 33.6 Å². The molecule has 3 heterocycles. The van der Waals surface area contributed by atoms with Gasteiger partial charge in [-0.1, -0.05) is 85.6 Å². The molecule has 0 spiro atoms. The van der Waals surface area contributed by atoms with Gasteiger partial charge in [-0.3, -0.25) is 38.5 Å². The summed E-state index contributed by atoms with van der Waals surface area (Å²) in [6.07, 6.45) is 11.2. The first-order valence-corrected chi connectivity index (χ1v) is 20.2. The van der Waals surface area contributed by atoms with Crippen LogP contribution in [0.2, 0.25) is 0 Å². The third-order valence-corrected chi connectivity index (χ3v) is 13.5. The van der Waals surface area contributed by atoms with Crippen molar-refractivity contribution in [1.82, 2.24) is 15.1 Å². The van der Waals surface area contributed by atoms with Crippen LogP contribution >= 0.6 is 0 Å². The Morgan fingerprint density at radius 2 is 1.48 bits per heavy atom. The molecule has 0 aromatic rings. The van der Waals surface area contributed by atoms with E-state index in [0.717, 1.165) is 57.8 Å². The Hall–Kier alpha value is -3.17. The van der Waals surface area contributed by atoms with Crippen molar-refractivity contribution in [3.8, 4) is 0 Å². The molecule has 4 amide bonds. The lowest BCUT2D eigenvalue weighted by Crippen LogP contribution is -2.50. The van der Waals surface area contributed by atoms with Gasteiger partial charge in [0.15, 0.2) is 5.78 Å². The van der Waals surface area contributed by atoms with E-state index in [1.54, 1.807) is 4.90 Å². The van der Waals surface area contributed by atoms with Crippen molar-refractivity contribution in [1.29, 1.82) is 0 Å². The van der Waals surface area contributed by atoms with Gasteiger partial charge in [-0.05, 0) is 60.7 Å². The second kappa shape index (κ2) is 16.5. The number of likely N-dealkylation sites (tertiary alicyclic amines) is 1. The Labute approximate surface area is 310 Å². The summed E-state index contributed by atoms with van der Waals surface area (Å²) in [6, 6.07) is -0.682. The standard InChI is InChI=1S/C42H63N3O7/c1-7-19-43-37(49)36(48)26-15-13-11-9-8-10-12-14-16-27(38(50)44-25-32-34(42(32,5)6)35(44)33(47)22-26)21-31(46)23-30(41(2,3)4)24-45-39(51)28-17-18-29(20-28)40(45)52/h7,26-30,32,34-35H,1,8-25H2,2-6H3,(H,43,49)/t26-,27-,28?,29?,30-,32+,34+,35-/m1/s1. The van der Waals surface area contributed by atoms with E-state index in [1.165, 1.54) is 11.0 Å². The lowest BCUT2D eigenvalue weighted by atomic mass is 9.76. The van der Waals surface area contributed by atoms with Gasteiger partial charge in [0.2, 0.25) is 23.5 Å². The van der Waals surface area contributed by atoms with Crippen molar-refractivity contribution >= 4 is 41.0 Å². The molecular formula is C42H63N3O7. The van der Waals surface area contributed by atoms with Gasteiger partial charge in [-0.15, -0.1) is 6.58 Å². The molecule has 288 valence electrons. The van der Waals surface area contributed by atoms with Crippen LogP contribution in [0.4, 0.5) is 0 Å². The van der Waals surface area contributed by atoms with E-state index >= 15 is 0 Å². The third-order valence-electron chi connectivity index (χ3n) is 13.5. The molecule has 5 aliphatic rings. The third kappa shape index (κ3) is 8.78. The number of carbonyl (C=O) groups excluding carboxylic acids is 7. The van der Waals surface area contributed by atoms with Gasteiger partial charge in [0, 0.05) is 62.6 Å². The zero-order valence-corrected chi connectivity index (χ0v) is 32.4. The number of carbonyl (C=O) groups is 7. The average molecular weight is 722 g/mol. The smallest absolute Gasteiger partial charge is 0.287 e.